The molecular formula is C14H24N8O. The predicted octanol–water partition coefficient (Wildman–Crippen LogP) is 1.12. The van der Waals surface area contributed by atoms with Crippen LogP contribution in [0.25, 0.3) is 11.0 Å². The SMILES string of the molecule is CCCNc1nc(NC)nc2c(NCC(C)O)nc(NC)nc12. The Bertz CT molecular complexity index is 661. The number of aliphatic hydroxyl groups excluding tert-OH is 1. The number of aliphatic hydroxyl groups is 1. The Morgan fingerprint density at radius 2 is 1.43 bits per heavy atom. The second kappa shape index (κ2) is 7.73. The molecule has 0 spiro atoms. The molecule has 23 heavy (non-hydrogen) atoms. The van der Waals surface area contributed by atoms with Crippen LogP contribution in [-0.2, 0) is 0 Å². The van der Waals surface area contributed by atoms with Gasteiger partial charge in [-0.15, -0.1) is 0 Å². The van der Waals surface area contributed by atoms with Crippen molar-refractivity contribution in [2.24, 2.45) is 0 Å². The third-order valence-corrected chi connectivity index (χ3v) is 3.10. The number of nitrogens with one attached hydrogen (secondary N) is 4. The van der Waals surface area contributed by atoms with Crippen molar-refractivity contribution >= 4 is 34.6 Å². The number of anilines is 4. The van der Waals surface area contributed by atoms with Crippen molar-refractivity contribution in [2.75, 3.05) is 48.5 Å². The molecule has 0 bridgehead atoms. The smallest absolute Gasteiger partial charge is 0.225 e. The van der Waals surface area contributed by atoms with E-state index in [2.05, 4.69) is 48.1 Å². The van der Waals surface area contributed by atoms with Crippen LogP contribution in [0, 0.1) is 0 Å². The molecule has 9 nitrogen and oxygen atoms in total. The number of fused-ring (bicyclic) bond motifs is 1. The summed E-state index contributed by atoms with van der Waals surface area (Å²) in [6.07, 6.45) is 0.471. The maximum atomic E-state index is 9.50. The van der Waals surface area contributed by atoms with Gasteiger partial charge in [-0.05, 0) is 13.3 Å². The van der Waals surface area contributed by atoms with Gasteiger partial charge in [-0.3, -0.25) is 0 Å². The molecule has 1 atom stereocenters. The fraction of sp³-hybridized carbons (Fsp3) is 0.571. The van der Waals surface area contributed by atoms with E-state index in [4.69, 9.17) is 0 Å². The first-order chi connectivity index (χ1) is 11.1. The lowest BCUT2D eigenvalue weighted by atomic mass is 10.3. The van der Waals surface area contributed by atoms with Gasteiger partial charge in [-0.1, -0.05) is 6.92 Å². The number of hydrogen-bond acceptors (Lipinski definition) is 9. The van der Waals surface area contributed by atoms with Crippen molar-refractivity contribution in [2.45, 2.75) is 26.4 Å². The van der Waals surface area contributed by atoms with E-state index in [-0.39, 0.29) is 0 Å². The van der Waals surface area contributed by atoms with E-state index in [1.165, 1.54) is 0 Å². The lowest BCUT2D eigenvalue weighted by molar-refractivity contribution is 0.208. The minimum atomic E-state index is -0.499. The van der Waals surface area contributed by atoms with Gasteiger partial charge < -0.3 is 26.4 Å². The summed E-state index contributed by atoms with van der Waals surface area (Å²) in [6.45, 7) is 4.94. The highest BCUT2D eigenvalue weighted by atomic mass is 16.3. The molecule has 0 fully saturated rings. The Hall–Kier alpha value is -2.42. The van der Waals surface area contributed by atoms with Crippen molar-refractivity contribution in [3.05, 3.63) is 0 Å². The van der Waals surface area contributed by atoms with Crippen LogP contribution >= 0.6 is 0 Å². The molecule has 0 radical (unpaired) electrons. The first kappa shape index (κ1) is 16.9. The highest BCUT2D eigenvalue weighted by molar-refractivity contribution is 5.94. The molecule has 2 heterocycles. The highest BCUT2D eigenvalue weighted by Gasteiger charge is 2.15. The number of nitrogens with zero attached hydrogens (tertiary/aromatic N) is 4. The third kappa shape index (κ3) is 4.07. The van der Waals surface area contributed by atoms with Gasteiger partial charge in [0.2, 0.25) is 11.9 Å². The average molecular weight is 320 g/mol. The van der Waals surface area contributed by atoms with E-state index in [9.17, 15) is 5.11 Å². The number of aromatic nitrogens is 4. The van der Waals surface area contributed by atoms with Crippen LogP contribution in [0.1, 0.15) is 20.3 Å². The highest BCUT2D eigenvalue weighted by Crippen LogP contribution is 2.26. The van der Waals surface area contributed by atoms with Gasteiger partial charge in [-0.25, -0.2) is 9.97 Å². The molecule has 0 saturated carbocycles. The van der Waals surface area contributed by atoms with Crippen LogP contribution in [-0.4, -0.2) is 58.3 Å². The summed E-state index contributed by atoms with van der Waals surface area (Å²) in [5.74, 6) is 2.15. The van der Waals surface area contributed by atoms with E-state index in [0.29, 0.717) is 41.1 Å². The molecule has 0 saturated heterocycles. The molecular weight excluding hydrogens is 296 g/mol. The molecule has 2 rings (SSSR count). The summed E-state index contributed by atoms with van der Waals surface area (Å²) < 4.78 is 0. The maximum absolute atomic E-state index is 9.50. The molecule has 1 unspecified atom stereocenters. The zero-order valence-corrected chi connectivity index (χ0v) is 13.9. The molecule has 5 N–H and O–H groups in total. The second-order valence-electron chi connectivity index (χ2n) is 5.15. The number of rotatable bonds is 8. The third-order valence-electron chi connectivity index (χ3n) is 3.10. The molecule has 0 aromatic carbocycles. The molecule has 9 heteroatoms. The second-order valence-corrected chi connectivity index (χ2v) is 5.15. The Balaban J connectivity index is 2.58. The Morgan fingerprint density at radius 1 is 0.913 bits per heavy atom. The first-order valence-corrected chi connectivity index (χ1v) is 7.70. The zero-order valence-electron chi connectivity index (χ0n) is 13.9. The van der Waals surface area contributed by atoms with E-state index in [0.717, 1.165) is 13.0 Å². The van der Waals surface area contributed by atoms with Crippen molar-refractivity contribution in [3.63, 3.8) is 0 Å². The Labute approximate surface area is 135 Å². The Kier molecular flexibility index (Phi) is 5.69. The van der Waals surface area contributed by atoms with Gasteiger partial charge in [0.05, 0.1) is 6.10 Å². The van der Waals surface area contributed by atoms with Gasteiger partial charge in [0.1, 0.15) is 11.0 Å². The van der Waals surface area contributed by atoms with Gasteiger partial charge in [-0.2, -0.15) is 9.97 Å². The van der Waals surface area contributed by atoms with Gasteiger partial charge >= 0.3 is 0 Å². The van der Waals surface area contributed by atoms with Crippen LogP contribution in [0.3, 0.4) is 0 Å². The fourth-order valence-electron chi connectivity index (χ4n) is 1.97. The standard InChI is InChI=1S/C14H24N8O/c1-5-6-17-11-9-10(20-13(15-3)21-11)12(18-7-8(2)23)22-14(16-4)19-9/h8,23H,5-7H2,1-4H3,(H2,15,17,20,21)(H2,16,18,19,22). The minimum Gasteiger partial charge on any atom is -0.392 e. The number of hydrogen-bond donors (Lipinski definition) is 5. The quantitative estimate of drug-likeness (QED) is 0.487. The molecule has 0 aliphatic carbocycles. The molecule has 126 valence electrons. The lowest BCUT2D eigenvalue weighted by Crippen LogP contribution is -2.18. The van der Waals surface area contributed by atoms with Crippen molar-refractivity contribution in [1.82, 2.24) is 19.9 Å². The summed E-state index contributed by atoms with van der Waals surface area (Å²) in [7, 11) is 3.51. The monoisotopic (exact) mass is 320 g/mol. The van der Waals surface area contributed by atoms with Gasteiger partial charge in [0.15, 0.2) is 11.6 Å². The van der Waals surface area contributed by atoms with Crippen LogP contribution in [0.5, 0.6) is 0 Å². The molecule has 2 aromatic heterocycles. The van der Waals surface area contributed by atoms with Crippen LogP contribution in [0.2, 0.25) is 0 Å². The molecule has 0 aliphatic rings. The topological polar surface area (TPSA) is 120 Å². The van der Waals surface area contributed by atoms with Crippen molar-refractivity contribution in [3.8, 4) is 0 Å². The van der Waals surface area contributed by atoms with E-state index in [1.54, 1.807) is 21.0 Å². The van der Waals surface area contributed by atoms with E-state index < -0.39 is 6.10 Å². The average Bonchev–Trinajstić information content (AvgIpc) is 2.56. The summed E-state index contributed by atoms with van der Waals surface area (Å²) >= 11 is 0. The Morgan fingerprint density at radius 3 is 1.87 bits per heavy atom. The fourth-order valence-corrected chi connectivity index (χ4v) is 1.97. The normalized spacial score (nSPS) is 12.0. The lowest BCUT2D eigenvalue weighted by Gasteiger charge is -2.14. The van der Waals surface area contributed by atoms with Gasteiger partial charge in [0.25, 0.3) is 0 Å². The van der Waals surface area contributed by atoms with Crippen molar-refractivity contribution in [1.29, 1.82) is 0 Å². The van der Waals surface area contributed by atoms with Crippen LogP contribution in [0.15, 0.2) is 0 Å². The predicted molar refractivity (Wildman–Crippen MR) is 93.2 cm³/mol. The summed E-state index contributed by atoms with van der Waals surface area (Å²) in [6, 6.07) is 0. The van der Waals surface area contributed by atoms with Gasteiger partial charge in [0, 0.05) is 27.2 Å². The van der Waals surface area contributed by atoms with E-state index in [1.807, 2.05) is 0 Å². The molecule has 2 aromatic rings. The largest absolute Gasteiger partial charge is 0.392 e. The van der Waals surface area contributed by atoms with Crippen molar-refractivity contribution < 1.29 is 5.11 Å². The summed E-state index contributed by atoms with van der Waals surface area (Å²) in [4.78, 5) is 17.8. The van der Waals surface area contributed by atoms with E-state index >= 15 is 0 Å². The molecule has 0 amide bonds. The zero-order chi connectivity index (χ0) is 16.8. The van der Waals surface area contributed by atoms with Crippen LogP contribution < -0.4 is 21.3 Å². The maximum Gasteiger partial charge on any atom is 0.225 e. The summed E-state index contributed by atoms with van der Waals surface area (Å²) in [5, 5.41) is 21.8. The first-order valence-electron chi connectivity index (χ1n) is 7.70. The summed E-state index contributed by atoms with van der Waals surface area (Å²) in [5.41, 5.74) is 1.23. The van der Waals surface area contributed by atoms with Crippen LogP contribution in [0.4, 0.5) is 23.5 Å². The molecule has 0 aliphatic heterocycles. The minimum absolute atomic E-state index is 0.367.